The molecular weight excluding hydrogens is 276 g/mol. The third-order valence-electron chi connectivity index (χ3n) is 4.29. The van der Waals surface area contributed by atoms with Gasteiger partial charge in [0.05, 0.1) is 0 Å². The Balaban J connectivity index is 1.67. The van der Waals surface area contributed by atoms with Gasteiger partial charge in [0.1, 0.15) is 5.69 Å². The number of likely N-dealkylation sites (tertiary alicyclic amines) is 1. The molecule has 3 heterocycles. The van der Waals surface area contributed by atoms with Crippen LogP contribution in [0.2, 0.25) is 0 Å². The number of pyridine rings is 1. The molecule has 1 saturated heterocycles. The molecule has 1 aliphatic heterocycles. The maximum Gasteiger partial charge on any atom is 0.272 e. The summed E-state index contributed by atoms with van der Waals surface area (Å²) in [6, 6.07) is 7.94. The van der Waals surface area contributed by atoms with Gasteiger partial charge < -0.3 is 4.90 Å². The summed E-state index contributed by atoms with van der Waals surface area (Å²) in [6.07, 6.45) is 4.83. The Morgan fingerprint density at radius 1 is 1.36 bits per heavy atom. The zero-order valence-corrected chi connectivity index (χ0v) is 13.2. The first kappa shape index (κ1) is 14.8. The molecule has 22 heavy (non-hydrogen) atoms. The molecule has 0 spiro atoms. The number of amides is 1. The van der Waals surface area contributed by atoms with Crippen molar-refractivity contribution in [3.8, 4) is 0 Å². The van der Waals surface area contributed by atoms with Gasteiger partial charge in [-0.25, -0.2) is 0 Å². The van der Waals surface area contributed by atoms with Crippen molar-refractivity contribution in [1.29, 1.82) is 0 Å². The first-order chi connectivity index (χ1) is 10.6. The number of rotatable bonds is 3. The Kier molecular flexibility index (Phi) is 4.22. The van der Waals surface area contributed by atoms with Crippen LogP contribution in [0.3, 0.4) is 0 Å². The van der Waals surface area contributed by atoms with E-state index in [0.717, 1.165) is 43.7 Å². The highest BCUT2D eigenvalue weighted by Crippen LogP contribution is 2.21. The molecule has 0 radical (unpaired) electrons. The lowest BCUT2D eigenvalue weighted by atomic mass is 9.93. The topological polar surface area (TPSA) is 51.0 Å². The summed E-state index contributed by atoms with van der Waals surface area (Å²) in [7, 11) is 1.81. The summed E-state index contributed by atoms with van der Waals surface area (Å²) < 4.78 is 1.65. The number of carbonyl (C=O) groups is 1. The molecule has 3 rings (SSSR count). The molecule has 2 aromatic heterocycles. The van der Waals surface area contributed by atoms with Gasteiger partial charge >= 0.3 is 0 Å². The summed E-state index contributed by atoms with van der Waals surface area (Å²) in [6.45, 7) is 3.66. The van der Waals surface area contributed by atoms with Gasteiger partial charge in [0.2, 0.25) is 0 Å². The monoisotopic (exact) mass is 298 g/mol. The Morgan fingerprint density at radius 2 is 2.23 bits per heavy atom. The Labute approximate surface area is 131 Å². The smallest absolute Gasteiger partial charge is 0.272 e. The normalized spacial score (nSPS) is 18.5. The van der Waals surface area contributed by atoms with Gasteiger partial charge in [-0.05, 0) is 50.3 Å². The quantitative estimate of drug-likeness (QED) is 0.873. The second kappa shape index (κ2) is 6.30. The third-order valence-corrected chi connectivity index (χ3v) is 4.29. The molecule has 1 fully saturated rings. The standard InChI is InChI=1S/C17H22N4O/c1-13-5-3-7-15(19-13)11-14-6-4-10-21(12-14)17(22)16-8-9-18-20(16)2/h3,5,7-9,14H,4,6,10-12H2,1-2H3/t14-/m1/s1. The minimum Gasteiger partial charge on any atom is -0.337 e. The Hall–Kier alpha value is -2.17. The molecule has 1 amide bonds. The number of nitrogens with zero attached hydrogens (tertiary/aromatic N) is 4. The van der Waals surface area contributed by atoms with Crippen molar-refractivity contribution in [1.82, 2.24) is 19.7 Å². The fourth-order valence-electron chi connectivity index (χ4n) is 3.17. The lowest BCUT2D eigenvalue weighted by Crippen LogP contribution is -2.41. The fraction of sp³-hybridized carbons (Fsp3) is 0.471. The highest BCUT2D eigenvalue weighted by Gasteiger charge is 2.26. The van der Waals surface area contributed by atoms with Gasteiger partial charge in [-0.15, -0.1) is 0 Å². The van der Waals surface area contributed by atoms with Crippen LogP contribution in [0.25, 0.3) is 0 Å². The number of aryl methyl sites for hydroxylation is 2. The van der Waals surface area contributed by atoms with E-state index in [2.05, 4.69) is 22.2 Å². The molecule has 5 heteroatoms. The molecule has 5 nitrogen and oxygen atoms in total. The predicted octanol–water partition coefficient (Wildman–Crippen LogP) is 2.22. The molecule has 1 aliphatic rings. The molecule has 0 unspecified atom stereocenters. The Bertz CT molecular complexity index is 664. The second-order valence-electron chi connectivity index (χ2n) is 6.07. The van der Waals surface area contributed by atoms with Crippen LogP contribution in [0.5, 0.6) is 0 Å². The van der Waals surface area contributed by atoms with Crippen LogP contribution in [0.1, 0.15) is 34.7 Å². The molecule has 116 valence electrons. The zero-order valence-electron chi connectivity index (χ0n) is 13.2. The average molecular weight is 298 g/mol. The van der Waals surface area contributed by atoms with Crippen LogP contribution in [-0.2, 0) is 13.5 Å². The molecule has 0 N–H and O–H groups in total. The van der Waals surface area contributed by atoms with Crippen LogP contribution in [0.15, 0.2) is 30.5 Å². The number of aromatic nitrogens is 3. The summed E-state index contributed by atoms with van der Waals surface area (Å²) in [5.41, 5.74) is 2.84. The average Bonchev–Trinajstić information content (AvgIpc) is 2.93. The molecule has 0 aliphatic carbocycles. The minimum atomic E-state index is 0.0851. The van der Waals surface area contributed by atoms with E-state index in [9.17, 15) is 4.79 Å². The van der Waals surface area contributed by atoms with Gasteiger partial charge in [-0.2, -0.15) is 5.10 Å². The van der Waals surface area contributed by atoms with Crippen LogP contribution >= 0.6 is 0 Å². The van der Waals surface area contributed by atoms with Gasteiger partial charge in [0.25, 0.3) is 5.91 Å². The highest BCUT2D eigenvalue weighted by molar-refractivity contribution is 5.92. The highest BCUT2D eigenvalue weighted by atomic mass is 16.2. The molecule has 2 aromatic rings. The van der Waals surface area contributed by atoms with Crippen LogP contribution in [0.4, 0.5) is 0 Å². The zero-order chi connectivity index (χ0) is 15.5. The van der Waals surface area contributed by atoms with E-state index in [1.54, 1.807) is 16.9 Å². The molecule has 0 aromatic carbocycles. The largest absolute Gasteiger partial charge is 0.337 e. The molecule has 0 bridgehead atoms. The van der Waals surface area contributed by atoms with Crippen molar-refractivity contribution < 1.29 is 4.79 Å². The number of carbonyl (C=O) groups excluding carboxylic acids is 1. The van der Waals surface area contributed by atoms with Crippen molar-refractivity contribution in [2.75, 3.05) is 13.1 Å². The lowest BCUT2D eigenvalue weighted by molar-refractivity contribution is 0.0661. The summed E-state index contributed by atoms with van der Waals surface area (Å²) in [4.78, 5) is 19.1. The van der Waals surface area contributed by atoms with Gasteiger partial charge in [0, 0.05) is 37.7 Å². The maximum atomic E-state index is 12.6. The van der Waals surface area contributed by atoms with Gasteiger partial charge in [0.15, 0.2) is 0 Å². The SMILES string of the molecule is Cc1cccc(C[C@H]2CCCN(C(=O)c3ccnn3C)C2)n1. The molecule has 1 atom stereocenters. The van der Waals surface area contributed by atoms with E-state index in [-0.39, 0.29) is 5.91 Å². The van der Waals surface area contributed by atoms with Crippen LogP contribution in [0, 0.1) is 12.8 Å². The van der Waals surface area contributed by atoms with E-state index in [0.29, 0.717) is 11.6 Å². The number of hydrogen-bond acceptors (Lipinski definition) is 3. The van der Waals surface area contributed by atoms with Crippen molar-refractivity contribution in [2.45, 2.75) is 26.2 Å². The van der Waals surface area contributed by atoms with E-state index in [1.165, 1.54) is 0 Å². The van der Waals surface area contributed by atoms with Gasteiger partial charge in [-0.1, -0.05) is 6.07 Å². The molecule has 0 saturated carbocycles. The summed E-state index contributed by atoms with van der Waals surface area (Å²) in [5.74, 6) is 0.571. The fourth-order valence-corrected chi connectivity index (χ4v) is 3.17. The van der Waals surface area contributed by atoms with Crippen molar-refractivity contribution in [3.05, 3.63) is 47.5 Å². The number of hydrogen-bond donors (Lipinski definition) is 0. The van der Waals surface area contributed by atoms with Crippen molar-refractivity contribution in [3.63, 3.8) is 0 Å². The van der Waals surface area contributed by atoms with Crippen LogP contribution in [-0.4, -0.2) is 38.7 Å². The summed E-state index contributed by atoms with van der Waals surface area (Å²) >= 11 is 0. The van der Waals surface area contributed by atoms with E-state index in [1.807, 2.05) is 24.9 Å². The minimum absolute atomic E-state index is 0.0851. The lowest BCUT2D eigenvalue weighted by Gasteiger charge is -2.32. The Morgan fingerprint density at radius 3 is 2.95 bits per heavy atom. The van der Waals surface area contributed by atoms with Gasteiger partial charge in [-0.3, -0.25) is 14.5 Å². The van der Waals surface area contributed by atoms with E-state index < -0.39 is 0 Å². The van der Waals surface area contributed by atoms with Crippen LogP contribution < -0.4 is 0 Å². The first-order valence-electron chi connectivity index (χ1n) is 7.83. The van der Waals surface area contributed by atoms with E-state index >= 15 is 0 Å². The molecular formula is C17H22N4O. The summed E-state index contributed by atoms with van der Waals surface area (Å²) in [5, 5.41) is 4.09. The number of piperidine rings is 1. The third kappa shape index (κ3) is 3.18. The predicted molar refractivity (Wildman–Crippen MR) is 84.5 cm³/mol. The van der Waals surface area contributed by atoms with Crippen molar-refractivity contribution in [2.24, 2.45) is 13.0 Å². The van der Waals surface area contributed by atoms with E-state index in [4.69, 9.17) is 0 Å². The maximum absolute atomic E-state index is 12.6. The second-order valence-corrected chi connectivity index (χ2v) is 6.07. The van der Waals surface area contributed by atoms with Crippen molar-refractivity contribution >= 4 is 5.91 Å². The first-order valence-corrected chi connectivity index (χ1v) is 7.83.